The highest BCUT2D eigenvalue weighted by atomic mass is 32.1. The Labute approximate surface area is 81.2 Å². The van der Waals surface area contributed by atoms with Gasteiger partial charge in [-0.3, -0.25) is 0 Å². The largest absolute Gasteiger partial charge is 0.351 e. The molecule has 1 aliphatic rings. The van der Waals surface area contributed by atoms with Crippen molar-refractivity contribution in [1.82, 2.24) is 4.90 Å². The molecule has 0 aliphatic carbocycles. The third kappa shape index (κ3) is 1.54. The zero-order chi connectivity index (χ0) is 9.26. The fraction of sp³-hybridized carbons (Fsp3) is 0.444. The van der Waals surface area contributed by atoms with Crippen LogP contribution in [0.5, 0.6) is 0 Å². The molecule has 1 unspecified atom stereocenters. The number of urea groups is 1. The Kier molecular flexibility index (Phi) is 2.22. The van der Waals surface area contributed by atoms with E-state index < -0.39 is 0 Å². The number of primary amides is 1. The van der Waals surface area contributed by atoms with Gasteiger partial charge in [-0.2, -0.15) is 11.3 Å². The summed E-state index contributed by atoms with van der Waals surface area (Å²) in [6.45, 7) is 0.801. The van der Waals surface area contributed by atoms with Crippen LogP contribution in [0.4, 0.5) is 4.79 Å². The molecule has 0 aromatic carbocycles. The van der Waals surface area contributed by atoms with Gasteiger partial charge in [0.1, 0.15) is 0 Å². The Hall–Kier alpha value is -1.03. The summed E-state index contributed by atoms with van der Waals surface area (Å²) in [6.07, 6.45) is 2.10. The highest BCUT2D eigenvalue weighted by Crippen LogP contribution is 2.32. The van der Waals surface area contributed by atoms with Gasteiger partial charge in [-0.05, 0) is 35.2 Å². The van der Waals surface area contributed by atoms with Gasteiger partial charge < -0.3 is 10.6 Å². The SMILES string of the molecule is NC(=O)N1CCCC1c1ccsc1. The zero-order valence-corrected chi connectivity index (χ0v) is 8.09. The van der Waals surface area contributed by atoms with Crippen molar-refractivity contribution in [2.24, 2.45) is 5.73 Å². The lowest BCUT2D eigenvalue weighted by atomic mass is 10.1. The lowest BCUT2D eigenvalue weighted by molar-refractivity contribution is 0.203. The molecule has 1 fully saturated rings. The number of hydrogen-bond acceptors (Lipinski definition) is 2. The van der Waals surface area contributed by atoms with Crippen molar-refractivity contribution in [3.05, 3.63) is 22.4 Å². The molecule has 3 nitrogen and oxygen atoms in total. The Balaban J connectivity index is 2.19. The van der Waals surface area contributed by atoms with Crippen molar-refractivity contribution in [2.75, 3.05) is 6.54 Å². The van der Waals surface area contributed by atoms with E-state index in [2.05, 4.69) is 11.4 Å². The summed E-state index contributed by atoms with van der Waals surface area (Å²) in [7, 11) is 0. The van der Waals surface area contributed by atoms with E-state index >= 15 is 0 Å². The predicted molar refractivity (Wildman–Crippen MR) is 52.6 cm³/mol. The molecule has 1 saturated heterocycles. The zero-order valence-electron chi connectivity index (χ0n) is 7.27. The number of hydrogen-bond donors (Lipinski definition) is 1. The maximum absolute atomic E-state index is 11.1. The normalized spacial score (nSPS) is 22.2. The van der Waals surface area contributed by atoms with Gasteiger partial charge in [0.25, 0.3) is 0 Å². The van der Waals surface area contributed by atoms with Crippen LogP contribution in [0.15, 0.2) is 16.8 Å². The molecule has 70 valence electrons. The number of thiophene rings is 1. The first kappa shape index (κ1) is 8.56. The molecule has 0 spiro atoms. The number of amides is 2. The van der Waals surface area contributed by atoms with Crippen molar-refractivity contribution >= 4 is 17.4 Å². The molecule has 2 rings (SSSR count). The minimum atomic E-state index is -0.297. The van der Waals surface area contributed by atoms with E-state index in [1.165, 1.54) is 5.56 Å². The number of carbonyl (C=O) groups excluding carboxylic acids is 1. The minimum absolute atomic E-state index is 0.226. The maximum atomic E-state index is 11.1. The van der Waals surface area contributed by atoms with Crippen LogP contribution in [0.1, 0.15) is 24.4 Å². The van der Waals surface area contributed by atoms with Gasteiger partial charge in [-0.25, -0.2) is 4.79 Å². The van der Waals surface area contributed by atoms with Gasteiger partial charge in [-0.1, -0.05) is 0 Å². The van der Waals surface area contributed by atoms with Crippen LogP contribution in [0.3, 0.4) is 0 Å². The lowest BCUT2D eigenvalue weighted by Crippen LogP contribution is -2.34. The summed E-state index contributed by atoms with van der Waals surface area (Å²) in [4.78, 5) is 12.8. The topological polar surface area (TPSA) is 46.3 Å². The third-order valence-electron chi connectivity index (χ3n) is 2.46. The molecule has 1 atom stereocenters. The van der Waals surface area contributed by atoms with Gasteiger partial charge in [0.05, 0.1) is 6.04 Å². The Morgan fingerprint density at radius 2 is 2.54 bits per heavy atom. The van der Waals surface area contributed by atoms with Crippen LogP contribution < -0.4 is 5.73 Å². The highest BCUT2D eigenvalue weighted by molar-refractivity contribution is 7.07. The Bertz CT molecular complexity index is 297. The van der Waals surface area contributed by atoms with E-state index in [0.29, 0.717) is 0 Å². The van der Waals surface area contributed by atoms with Crippen molar-refractivity contribution in [2.45, 2.75) is 18.9 Å². The molecule has 1 aliphatic heterocycles. The van der Waals surface area contributed by atoms with Crippen molar-refractivity contribution in [3.8, 4) is 0 Å². The van der Waals surface area contributed by atoms with Crippen LogP contribution in [0, 0.1) is 0 Å². The van der Waals surface area contributed by atoms with Crippen molar-refractivity contribution in [1.29, 1.82) is 0 Å². The van der Waals surface area contributed by atoms with Crippen LogP contribution in [0.2, 0.25) is 0 Å². The number of rotatable bonds is 1. The van der Waals surface area contributed by atoms with E-state index in [-0.39, 0.29) is 12.1 Å². The van der Waals surface area contributed by atoms with E-state index in [0.717, 1.165) is 19.4 Å². The molecule has 0 radical (unpaired) electrons. The number of nitrogens with two attached hydrogens (primary N) is 1. The van der Waals surface area contributed by atoms with Crippen LogP contribution in [-0.2, 0) is 0 Å². The molecule has 13 heavy (non-hydrogen) atoms. The second kappa shape index (κ2) is 3.38. The lowest BCUT2D eigenvalue weighted by Gasteiger charge is -2.21. The minimum Gasteiger partial charge on any atom is -0.351 e. The summed E-state index contributed by atoms with van der Waals surface area (Å²) < 4.78 is 0. The maximum Gasteiger partial charge on any atom is 0.315 e. The standard InChI is InChI=1S/C9H12N2OS/c10-9(12)11-4-1-2-8(11)7-3-5-13-6-7/h3,5-6,8H,1-2,4H2,(H2,10,12). The van der Waals surface area contributed by atoms with Gasteiger partial charge in [0, 0.05) is 6.54 Å². The first-order valence-corrected chi connectivity index (χ1v) is 5.31. The summed E-state index contributed by atoms with van der Waals surface area (Å²) in [5, 5.41) is 4.12. The molecule has 0 saturated carbocycles. The third-order valence-corrected chi connectivity index (χ3v) is 3.17. The number of nitrogens with zero attached hydrogens (tertiary/aromatic N) is 1. The monoisotopic (exact) mass is 196 g/mol. The second-order valence-corrected chi connectivity index (χ2v) is 4.03. The molecule has 2 N–H and O–H groups in total. The Morgan fingerprint density at radius 3 is 3.15 bits per heavy atom. The molecular weight excluding hydrogens is 184 g/mol. The van der Waals surface area contributed by atoms with Crippen LogP contribution in [0.25, 0.3) is 0 Å². The van der Waals surface area contributed by atoms with Crippen molar-refractivity contribution in [3.63, 3.8) is 0 Å². The quantitative estimate of drug-likeness (QED) is 0.733. The number of carbonyl (C=O) groups is 1. The predicted octanol–water partition coefficient (Wildman–Crippen LogP) is 1.96. The summed E-state index contributed by atoms with van der Waals surface area (Å²) in [5.41, 5.74) is 6.51. The molecule has 0 bridgehead atoms. The van der Waals surface area contributed by atoms with Crippen LogP contribution in [-0.4, -0.2) is 17.5 Å². The Morgan fingerprint density at radius 1 is 1.69 bits per heavy atom. The first-order valence-electron chi connectivity index (χ1n) is 4.37. The van der Waals surface area contributed by atoms with Gasteiger partial charge in [0.2, 0.25) is 0 Å². The first-order chi connectivity index (χ1) is 6.29. The van der Waals surface area contributed by atoms with E-state index in [9.17, 15) is 4.79 Å². The van der Waals surface area contributed by atoms with E-state index in [4.69, 9.17) is 5.73 Å². The smallest absolute Gasteiger partial charge is 0.315 e. The average Bonchev–Trinajstić information content (AvgIpc) is 2.74. The fourth-order valence-corrected chi connectivity index (χ4v) is 2.55. The van der Waals surface area contributed by atoms with Gasteiger partial charge >= 0.3 is 6.03 Å². The van der Waals surface area contributed by atoms with E-state index in [1.807, 2.05) is 5.38 Å². The molecule has 1 aromatic rings. The molecule has 2 heterocycles. The van der Waals surface area contributed by atoms with Crippen LogP contribution >= 0.6 is 11.3 Å². The number of likely N-dealkylation sites (tertiary alicyclic amines) is 1. The summed E-state index contributed by atoms with van der Waals surface area (Å²) in [6, 6.07) is 1.99. The highest BCUT2D eigenvalue weighted by Gasteiger charge is 2.28. The molecule has 4 heteroatoms. The summed E-state index contributed by atoms with van der Waals surface area (Å²) >= 11 is 1.66. The summed E-state index contributed by atoms with van der Waals surface area (Å²) in [5.74, 6) is 0. The molecule has 2 amide bonds. The molecular formula is C9H12N2OS. The fourth-order valence-electron chi connectivity index (χ4n) is 1.84. The molecule has 1 aromatic heterocycles. The second-order valence-electron chi connectivity index (χ2n) is 3.25. The van der Waals surface area contributed by atoms with Gasteiger partial charge in [0.15, 0.2) is 0 Å². The van der Waals surface area contributed by atoms with Crippen molar-refractivity contribution < 1.29 is 4.79 Å². The van der Waals surface area contributed by atoms with Gasteiger partial charge in [-0.15, -0.1) is 0 Å². The van der Waals surface area contributed by atoms with E-state index in [1.54, 1.807) is 16.2 Å². The average molecular weight is 196 g/mol.